The van der Waals surface area contributed by atoms with E-state index in [0.29, 0.717) is 10.6 Å². The number of rotatable bonds is 3. The van der Waals surface area contributed by atoms with Crippen molar-refractivity contribution in [3.05, 3.63) is 33.8 Å². The molecule has 0 saturated carbocycles. The van der Waals surface area contributed by atoms with Crippen LogP contribution < -0.4 is 5.73 Å². The van der Waals surface area contributed by atoms with Crippen molar-refractivity contribution in [2.24, 2.45) is 5.73 Å². The number of nitrogens with two attached hydrogens (primary N) is 1. The molecule has 1 rings (SSSR count). The molecule has 0 radical (unpaired) electrons. The van der Waals surface area contributed by atoms with Gasteiger partial charge in [0.2, 0.25) is 0 Å². The molecule has 0 heterocycles. The fraction of sp³-hybridized carbons (Fsp3) is 0.400. The van der Waals surface area contributed by atoms with Gasteiger partial charge in [-0.1, -0.05) is 35.3 Å². The lowest BCUT2D eigenvalue weighted by molar-refractivity contribution is -0.136. The number of alkyl halides is 3. The van der Waals surface area contributed by atoms with Gasteiger partial charge in [0, 0.05) is 12.5 Å². The SMILES string of the molecule is NC(CCC(F)(F)F)c1cccc(Cl)c1Cl. The van der Waals surface area contributed by atoms with E-state index in [1.165, 1.54) is 0 Å². The van der Waals surface area contributed by atoms with Gasteiger partial charge in [0.25, 0.3) is 0 Å². The van der Waals surface area contributed by atoms with Crippen molar-refractivity contribution in [2.45, 2.75) is 25.1 Å². The van der Waals surface area contributed by atoms with Crippen LogP contribution in [0.5, 0.6) is 0 Å². The van der Waals surface area contributed by atoms with Crippen LogP contribution >= 0.6 is 23.2 Å². The van der Waals surface area contributed by atoms with Crippen LogP contribution in [-0.4, -0.2) is 6.18 Å². The summed E-state index contributed by atoms with van der Waals surface area (Å²) in [5.41, 5.74) is 6.07. The Balaban J connectivity index is 2.73. The second-order valence-corrected chi connectivity index (χ2v) is 4.19. The van der Waals surface area contributed by atoms with Gasteiger partial charge < -0.3 is 5.73 Å². The van der Waals surface area contributed by atoms with Crippen LogP contribution in [0.3, 0.4) is 0 Å². The first-order valence-electron chi connectivity index (χ1n) is 4.57. The molecule has 0 aliphatic carbocycles. The first-order valence-corrected chi connectivity index (χ1v) is 5.33. The number of benzene rings is 1. The summed E-state index contributed by atoms with van der Waals surface area (Å²) in [6.07, 6.45) is -5.34. The summed E-state index contributed by atoms with van der Waals surface area (Å²) in [6.45, 7) is 0. The zero-order chi connectivity index (χ0) is 12.3. The van der Waals surface area contributed by atoms with Crippen molar-refractivity contribution in [1.82, 2.24) is 0 Å². The van der Waals surface area contributed by atoms with E-state index < -0.39 is 18.6 Å². The van der Waals surface area contributed by atoms with E-state index in [1.807, 2.05) is 0 Å². The van der Waals surface area contributed by atoms with Crippen molar-refractivity contribution in [3.63, 3.8) is 0 Å². The van der Waals surface area contributed by atoms with Crippen LogP contribution in [0.15, 0.2) is 18.2 Å². The van der Waals surface area contributed by atoms with Gasteiger partial charge in [-0.25, -0.2) is 0 Å². The molecule has 1 unspecified atom stereocenters. The molecule has 1 nitrogen and oxygen atoms in total. The van der Waals surface area contributed by atoms with Gasteiger partial charge in [-0.2, -0.15) is 13.2 Å². The predicted molar refractivity (Wildman–Crippen MR) is 58.7 cm³/mol. The third kappa shape index (κ3) is 3.85. The van der Waals surface area contributed by atoms with E-state index in [4.69, 9.17) is 28.9 Å². The lowest BCUT2D eigenvalue weighted by atomic mass is 10.0. The summed E-state index contributed by atoms with van der Waals surface area (Å²) in [4.78, 5) is 0. The molecule has 0 fully saturated rings. The minimum absolute atomic E-state index is 0.205. The fourth-order valence-corrected chi connectivity index (χ4v) is 1.73. The average Bonchev–Trinajstić information content (AvgIpc) is 2.17. The van der Waals surface area contributed by atoms with Crippen LogP contribution in [0.25, 0.3) is 0 Å². The van der Waals surface area contributed by atoms with Gasteiger partial charge in [0.1, 0.15) is 0 Å². The predicted octanol–water partition coefficient (Wildman–Crippen LogP) is 4.34. The van der Waals surface area contributed by atoms with Crippen LogP contribution in [0.1, 0.15) is 24.4 Å². The molecular weight excluding hydrogens is 262 g/mol. The maximum absolute atomic E-state index is 12.0. The summed E-state index contributed by atoms with van der Waals surface area (Å²) in [5, 5.41) is 0.514. The molecule has 16 heavy (non-hydrogen) atoms. The van der Waals surface area contributed by atoms with Gasteiger partial charge >= 0.3 is 6.18 Å². The monoisotopic (exact) mass is 271 g/mol. The molecule has 1 aromatic carbocycles. The van der Waals surface area contributed by atoms with Gasteiger partial charge in [-0.05, 0) is 18.1 Å². The van der Waals surface area contributed by atoms with Gasteiger partial charge in [-0.15, -0.1) is 0 Å². The summed E-state index contributed by atoms with van der Waals surface area (Å²) in [6, 6.07) is 3.99. The van der Waals surface area contributed by atoms with E-state index in [1.54, 1.807) is 18.2 Å². The van der Waals surface area contributed by atoms with Gasteiger partial charge in [0.05, 0.1) is 10.0 Å². The Bertz CT molecular complexity index is 366. The van der Waals surface area contributed by atoms with Crippen molar-refractivity contribution in [1.29, 1.82) is 0 Å². The standard InChI is InChI=1S/C10H10Cl2F3N/c11-7-3-1-2-6(9(7)12)8(16)4-5-10(13,14)15/h1-3,8H,4-5,16H2. The van der Waals surface area contributed by atoms with Gasteiger partial charge in [-0.3, -0.25) is 0 Å². The molecule has 1 atom stereocenters. The maximum Gasteiger partial charge on any atom is 0.389 e. The Morgan fingerprint density at radius 2 is 1.88 bits per heavy atom. The first kappa shape index (κ1) is 13.6. The van der Waals surface area contributed by atoms with Crippen molar-refractivity contribution in [3.8, 4) is 0 Å². The quantitative estimate of drug-likeness (QED) is 0.870. The van der Waals surface area contributed by atoms with Crippen molar-refractivity contribution in [2.75, 3.05) is 0 Å². The maximum atomic E-state index is 12.0. The Morgan fingerprint density at radius 3 is 2.44 bits per heavy atom. The number of halogens is 5. The van der Waals surface area contributed by atoms with Crippen LogP contribution in [0, 0.1) is 0 Å². The van der Waals surface area contributed by atoms with E-state index in [2.05, 4.69) is 0 Å². The lowest BCUT2D eigenvalue weighted by Crippen LogP contribution is -2.16. The summed E-state index contributed by atoms with van der Waals surface area (Å²) >= 11 is 11.6. The molecule has 90 valence electrons. The summed E-state index contributed by atoms with van der Waals surface area (Å²) in [5.74, 6) is 0. The molecule has 0 aromatic heterocycles. The number of hydrogen-bond acceptors (Lipinski definition) is 1. The second-order valence-electron chi connectivity index (χ2n) is 3.40. The van der Waals surface area contributed by atoms with Crippen molar-refractivity contribution < 1.29 is 13.2 Å². The minimum Gasteiger partial charge on any atom is -0.324 e. The minimum atomic E-state index is -4.21. The molecular formula is C10H10Cl2F3N. The molecule has 0 aliphatic rings. The van der Waals surface area contributed by atoms with E-state index in [0.717, 1.165) is 0 Å². The highest BCUT2D eigenvalue weighted by Crippen LogP contribution is 2.32. The Labute approximate surface area is 101 Å². The summed E-state index contributed by atoms with van der Waals surface area (Å²) < 4.78 is 36.0. The Kier molecular flexibility index (Phi) is 4.47. The third-order valence-electron chi connectivity index (χ3n) is 2.12. The normalized spacial score (nSPS) is 13.9. The second kappa shape index (κ2) is 5.25. The molecule has 0 aliphatic heterocycles. The lowest BCUT2D eigenvalue weighted by Gasteiger charge is -2.15. The van der Waals surface area contributed by atoms with Crippen molar-refractivity contribution >= 4 is 23.2 Å². The van der Waals surface area contributed by atoms with Gasteiger partial charge in [0.15, 0.2) is 0 Å². The number of hydrogen-bond donors (Lipinski definition) is 1. The highest BCUT2D eigenvalue weighted by atomic mass is 35.5. The molecule has 0 spiro atoms. The summed E-state index contributed by atoms with van der Waals surface area (Å²) in [7, 11) is 0. The smallest absolute Gasteiger partial charge is 0.324 e. The first-order chi connectivity index (χ1) is 7.31. The van der Waals surface area contributed by atoms with Crippen LogP contribution in [0.2, 0.25) is 10.0 Å². The fourth-order valence-electron chi connectivity index (χ4n) is 1.28. The van der Waals surface area contributed by atoms with Crippen LogP contribution in [0.4, 0.5) is 13.2 Å². The molecule has 0 bridgehead atoms. The average molecular weight is 272 g/mol. The topological polar surface area (TPSA) is 26.0 Å². The zero-order valence-corrected chi connectivity index (χ0v) is 9.70. The third-order valence-corrected chi connectivity index (χ3v) is 2.95. The van der Waals surface area contributed by atoms with E-state index in [-0.39, 0.29) is 11.4 Å². The Morgan fingerprint density at radius 1 is 1.25 bits per heavy atom. The molecule has 1 aromatic rings. The van der Waals surface area contributed by atoms with E-state index in [9.17, 15) is 13.2 Å². The van der Waals surface area contributed by atoms with Crippen LogP contribution in [-0.2, 0) is 0 Å². The largest absolute Gasteiger partial charge is 0.389 e. The Hall–Kier alpha value is -0.450. The van der Waals surface area contributed by atoms with E-state index >= 15 is 0 Å². The zero-order valence-electron chi connectivity index (χ0n) is 8.19. The molecule has 0 amide bonds. The molecule has 0 saturated heterocycles. The highest BCUT2D eigenvalue weighted by molar-refractivity contribution is 6.42. The molecule has 6 heteroatoms. The highest BCUT2D eigenvalue weighted by Gasteiger charge is 2.28. The molecule has 2 N–H and O–H groups in total.